The summed E-state index contributed by atoms with van der Waals surface area (Å²) in [6.07, 6.45) is -1.76. The first-order valence-corrected chi connectivity index (χ1v) is 6.21. The van der Waals surface area contributed by atoms with Crippen molar-refractivity contribution < 1.29 is 28.0 Å². The average Bonchev–Trinajstić information content (AvgIpc) is 2.60. The SMILES string of the molecule is [B][C@@H]1O[C@H](COCC)C2OP(=O)(O)OC21. The molecule has 84 valence electrons. The fraction of sp³-hybridized carbons (Fsp3) is 1.00. The van der Waals surface area contributed by atoms with E-state index < -0.39 is 32.1 Å². The van der Waals surface area contributed by atoms with Gasteiger partial charge in [0.25, 0.3) is 0 Å². The quantitative estimate of drug-likeness (QED) is 0.538. The summed E-state index contributed by atoms with van der Waals surface area (Å²) in [5, 5.41) is 0. The monoisotopic (exact) mass is 234 g/mol. The van der Waals surface area contributed by atoms with Crippen molar-refractivity contribution in [1.29, 1.82) is 0 Å². The van der Waals surface area contributed by atoms with Crippen molar-refractivity contribution in [3.63, 3.8) is 0 Å². The molecule has 2 aliphatic rings. The van der Waals surface area contributed by atoms with E-state index in [-0.39, 0.29) is 6.61 Å². The Morgan fingerprint density at radius 1 is 1.47 bits per heavy atom. The van der Waals surface area contributed by atoms with E-state index >= 15 is 0 Å². The molecule has 8 heteroatoms. The second-order valence-electron chi connectivity index (χ2n) is 3.41. The minimum atomic E-state index is -3.94. The molecular weight excluding hydrogens is 222 g/mol. The molecule has 0 bridgehead atoms. The summed E-state index contributed by atoms with van der Waals surface area (Å²) in [6.45, 7) is 2.65. The van der Waals surface area contributed by atoms with Gasteiger partial charge in [-0.2, -0.15) is 0 Å². The van der Waals surface area contributed by atoms with Crippen molar-refractivity contribution in [1.82, 2.24) is 0 Å². The maximum Gasteiger partial charge on any atom is 0.473 e. The van der Waals surface area contributed by atoms with Gasteiger partial charge in [-0.25, -0.2) is 4.57 Å². The third-order valence-corrected chi connectivity index (χ3v) is 3.36. The highest BCUT2D eigenvalue weighted by molar-refractivity contribution is 7.47. The summed E-state index contributed by atoms with van der Waals surface area (Å²) >= 11 is 0. The van der Waals surface area contributed by atoms with E-state index in [2.05, 4.69) is 0 Å². The van der Waals surface area contributed by atoms with E-state index in [1.165, 1.54) is 0 Å². The normalized spacial score (nSPS) is 49.5. The summed E-state index contributed by atoms with van der Waals surface area (Å²) in [5.74, 6) is 0. The van der Waals surface area contributed by atoms with E-state index in [1.807, 2.05) is 6.92 Å². The summed E-state index contributed by atoms with van der Waals surface area (Å²) in [4.78, 5) is 9.12. The van der Waals surface area contributed by atoms with Crippen molar-refractivity contribution in [3.05, 3.63) is 0 Å². The first kappa shape index (κ1) is 11.6. The summed E-state index contributed by atoms with van der Waals surface area (Å²) < 4.78 is 31.2. The lowest BCUT2D eigenvalue weighted by Gasteiger charge is -2.16. The lowest BCUT2D eigenvalue weighted by Crippen LogP contribution is -2.32. The smallest absolute Gasteiger partial charge is 0.379 e. The zero-order valence-electron chi connectivity index (χ0n) is 8.24. The van der Waals surface area contributed by atoms with Crippen molar-refractivity contribution in [2.75, 3.05) is 13.2 Å². The van der Waals surface area contributed by atoms with E-state index in [4.69, 9.17) is 31.3 Å². The highest BCUT2D eigenvalue weighted by Crippen LogP contribution is 2.56. The molecule has 15 heavy (non-hydrogen) atoms. The number of fused-ring (bicyclic) bond motifs is 1. The predicted molar refractivity (Wildman–Crippen MR) is 50.5 cm³/mol. The van der Waals surface area contributed by atoms with E-state index in [0.717, 1.165) is 0 Å². The minimum absolute atomic E-state index is 0.273. The first-order chi connectivity index (χ1) is 7.03. The van der Waals surface area contributed by atoms with Crippen LogP contribution < -0.4 is 0 Å². The minimum Gasteiger partial charge on any atom is -0.379 e. The lowest BCUT2D eigenvalue weighted by atomic mass is 9.93. The molecule has 3 unspecified atom stereocenters. The standard InChI is InChI=1S/C7H12BO6P/c1-2-11-3-4-5-6(7(8)12-4)14-15(9,10)13-5/h4-7H,2-3H2,1H3,(H,9,10)/t4-,5?,6?,7-/m1/s1. The van der Waals surface area contributed by atoms with Crippen LogP contribution in [0.4, 0.5) is 0 Å². The molecule has 2 radical (unpaired) electrons. The molecule has 0 aromatic carbocycles. The molecule has 0 aromatic rings. The number of phosphoric ester groups is 1. The van der Waals surface area contributed by atoms with Crippen LogP contribution in [0, 0.1) is 0 Å². The maximum absolute atomic E-state index is 11.2. The predicted octanol–water partition coefficient (Wildman–Crippen LogP) is -0.199. The van der Waals surface area contributed by atoms with Crippen LogP contribution in [0.2, 0.25) is 0 Å². The Kier molecular flexibility index (Phi) is 3.21. The second-order valence-corrected chi connectivity index (χ2v) is 4.77. The molecule has 0 saturated carbocycles. The van der Waals surface area contributed by atoms with Crippen LogP contribution >= 0.6 is 7.82 Å². The van der Waals surface area contributed by atoms with Gasteiger partial charge in [0, 0.05) is 12.6 Å². The van der Waals surface area contributed by atoms with Crippen molar-refractivity contribution >= 4 is 15.7 Å². The first-order valence-electron chi connectivity index (χ1n) is 4.72. The van der Waals surface area contributed by atoms with Gasteiger partial charge in [0.2, 0.25) is 0 Å². The Morgan fingerprint density at radius 3 is 2.80 bits per heavy atom. The molecule has 2 aliphatic heterocycles. The molecule has 2 saturated heterocycles. The Labute approximate surface area is 88.9 Å². The molecule has 6 nitrogen and oxygen atoms in total. The molecule has 0 amide bonds. The molecule has 2 fully saturated rings. The number of rotatable bonds is 3. The zero-order chi connectivity index (χ0) is 11.1. The fourth-order valence-electron chi connectivity index (χ4n) is 1.70. The van der Waals surface area contributed by atoms with Crippen molar-refractivity contribution in [2.24, 2.45) is 0 Å². The van der Waals surface area contributed by atoms with Crippen LogP contribution in [0.1, 0.15) is 6.92 Å². The van der Waals surface area contributed by atoms with E-state index in [9.17, 15) is 4.57 Å². The number of hydrogen-bond acceptors (Lipinski definition) is 5. The Morgan fingerprint density at radius 2 is 2.13 bits per heavy atom. The molecule has 0 aliphatic carbocycles. The Bertz CT molecular complexity index is 287. The van der Waals surface area contributed by atoms with Gasteiger partial charge in [0.05, 0.1) is 6.61 Å². The van der Waals surface area contributed by atoms with Gasteiger partial charge >= 0.3 is 7.82 Å². The van der Waals surface area contributed by atoms with E-state index in [1.54, 1.807) is 0 Å². The van der Waals surface area contributed by atoms with Gasteiger partial charge in [-0.15, -0.1) is 0 Å². The molecule has 1 N–H and O–H groups in total. The Hall–Kier alpha value is 0.0949. The Balaban J connectivity index is 2.02. The lowest BCUT2D eigenvalue weighted by molar-refractivity contribution is -0.0256. The highest BCUT2D eigenvalue weighted by Gasteiger charge is 2.55. The number of ether oxygens (including phenoxy) is 2. The van der Waals surface area contributed by atoms with Gasteiger partial charge in [-0.1, -0.05) is 0 Å². The summed E-state index contributed by atoms with van der Waals surface area (Å²) in [7, 11) is 1.64. The van der Waals surface area contributed by atoms with E-state index in [0.29, 0.717) is 6.61 Å². The van der Waals surface area contributed by atoms with Gasteiger partial charge in [0.15, 0.2) is 0 Å². The molecular formula is C7H12BO6P. The fourth-order valence-corrected chi connectivity index (χ4v) is 2.86. The van der Waals surface area contributed by atoms with Gasteiger partial charge < -0.3 is 14.4 Å². The number of hydrogen-bond donors (Lipinski definition) is 1. The zero-order valence-corrected chi connectivity index (χ0v) is 9.13. The van der Waals surface area contributed by atoms with Crippen LogP contribution in [0.15, 0.2) is 0 Å². The molecule has 0 aromatic heterocycles. The highest BCUT2D eigenvalue weighted by atomic mass is 31.2. The second kappa shape index (κ2) is 4.16. The summed E-state index contributed by atoms with van der Waals surface area (Å²) in [5.41, 5.74) is 0. The third-order valence-electron chi connectivity index (χ3n) is 2.34. The molecule has 2 rings (SSSR count). The number of phosphoric acid groups is 1. The van der Waals surface area contributed by atoms with Gasteiger partial charge in [-0.05, 0) is 6.92 Å². The molecule has 0 spiro atoms. The summed E-state index contributed by atoms with van der Waals surface area (Å²) in [6, 6.07) is -0.747. The van der Waals surface area contributed by atoms with Crippen LogP contribution in [0.25, 0.3) is 0 Å². The molecule has 5 atom stereocenters. The van der Waals surface area contributed by atoms with Crippen LogP contribution in [0.3, 0.4) is 0 Å². The largest absolute Gasteiger partial charge is 0.473 e. The van der Waals surface area contributed by atoms with Gasteiger partial charge in [0.1, 0.15) is 26.2 Å². The average molecular weight is 234 g/mol. The van der Waals surface area contributed by atoms with Crippen LogP contribution in [-0.2, 0) is 23.1 Å². The van der Waals surface area contributed by atoms with Crippen LogP contribution in [0.5, 0.6) is 0 Å². The van der Waals surface area contributed by atoms with Crippen LogP contribution in [-0.4, -0.2) is 50.3 Å². The van der Waals surface area contributed by atoms with Crippen molar-refractivity contribution in [3.8, 4) is 0 Å². The van der Waals surface area contributed by atoms with Crippen molar-refractivity contribution in [2.45, 2.75) is 31.2 Å². The maximum atomic E-state index is 11.2. The molecule has 2 heterocycles. The third kappa shape index (κ3) is 2.28. The van der Waals surface area contributed by atoms with Gasteiger partial charge in [-0.3, -0.25) is 9.05 Å². The topological polar surface area (TPSA) is 74.2 Å².